The zero-order valence-corrected chi connectivity index (χ0v) is 17.9. The molecule has 1 heterocycles. The molecule has 4 rings (SSSR count). The summed E-state index contributed by atoms with van der Waals surface area (Å²) in [5.74, 6) is 0.597. The molecule has 0 radical (unpaired) electrons. The average molecular weight is 424 g/mol. The normalized spacial score (nSPS) is 17.1. The summed E-state index contributed by atoms with van der Waals surface area (Å²) in [6.45, 7) is 3.62. The summed E-state index contributed by atoms with van der Waals surface area (Å²) in [6, 6.07) is 13.1. The van der Waals surface area contributed by atoms with Gasteiger partial charge in [-0.1, -0.05) is 42.8 Å². The van der Waals surface area contributed by atoms with Gasteiger partial charge in [-0.3, -0.25) is 0 Å². The number of likely N-dealkylation sites (tertiary alicyclic amines) is 1. The van der Waals surface area contributed by atoms with Gasteiger partial charge in [0.05, 0.1) is 0 Å². The van der Waals surface area contributed by atoms with Gasteiger partial charge in [0, 0.05) is 17.2 Å². The summed E-state index contributed by atoms with van der Waals surface area (Å²) >= 11 is 1.91. The molecule has 2 aromatic rings. The number of allylic oxidation sites excluding steroid dienone is 4. The van der Waals surface area contributed by atoms with Crippen molar-refractivity contribution in [3.05, 3.63) is 100.0 Å². The maximum absolute atomic E-state index is 13.5. The molecule has 0 unspecified atom stereocenters. The highest BCUT2D eigenvalue weighted by molar-refractivity contribution is 8.03. The molecule has 1 fully saturated rings. The number of nitrogens with zero attached hydrogens (tertiary/aromatic N) is 1. The second kappa shape index (κ2) is 10.2. The molecule has 0 aromatic heterocycles. The summed E-state index contributed by atoms with van der Waals surface area (Å²) in [7, 11) is 0. The van der Waals surface area contributed by atoms with Crippen molar-refractivity contribution >= 4 is 17.3 Å². The zero-order chi connectivity index (χ0) is 20.8. The molecule has 0 amide bonds. The lowest BCUT2D eigenvalue weighted by atomic mass is 9.90. The number of hydrogen-bond acceptors (Lipinski definition) is 2. The number of benzene rings is 2. The molecule has 30 heavy (non-hydrogen) atoms. The van der Waals surface area contributed by atoms with Crippen molar-refractivity contribution in [2.45, 2.75) is 25.7 Å². The van der Waals surface area contributed by atoms with Gasteiger partial charge in [-0.2, -0.15) is 0 Å². The van der Waals surface area contributed by atoms with Gasteiger partial charge in [0.25, 0.3) is 0 Å². The largest absolute Gasteiger partial charge is 0.303 e. The summed E-state index contributed by atoms with van der Waals surface area (Å²) in [6.07, 6.45) is 11.4. The third-order valence-electron chi connectivity index (χ3n) is 5.68. The molecule has 4 heteroatoms. The van der Waals surface area contributed by atoms with Gasteiger partial charge >= 0.3 is 0 Å². The van der Waals surface area contributed by atoms with Crippen molar-refractivity contribution in [3.8, 4) is 0 Å². The lowest BCUT2D eigenvalue weighted by Crippen LogP contribution is -2.31. The Hall–Kier alpha value is -2.17. The first-order valence-electron chi connectivity index (χ1n) is 10.7. The van der Waals surface area contributed by atoms with Crippen LogP contribution in [0, 0.1) is 11.6 Å². The zero-order valence-electron chi connectivity index (χ0n) is 17.1. The topological polar surface area (TPSA) is 3.24 Å². The smallest absolute Gasteiger partial charge is 0.123 e. The third-order valence-corrected chi connectivity index (χ3v) is 6.71. The molecule has 0 N–H and O–H groups in total. The van der Waals surface area contributed by atoms with Crippen LogP contribution in [0.4, 0.5) is 8.78 Å². The van der Waals surface area contributed by atoms with Crippen LogP contribution in [0.3, 0.4) is 0 Å². The molecule has 156 valence electrons. The molecule has 0 spiro atoms. The number of halogens is 2. The average Bonchev–Trinajstić information content (AvgIpc) is 2.78. The fourth-order valence-corrected chi connectivity index (χ4v) is 5.02. The molecule has 1 nitrogen and oxygen atoms in total. The minimum absolute atomic E-state index is 0.256. The second-order valence-corrected chi connectivity index (χ2v) is 8.98. The molecular formula is C26H27F2NS. The predicted molar refractivity (Wildman–Crippen MR) is 123 cm³/mol. The van der Waals surface area contributed by atoms with Crippen LogP contribution in [0.25, 0.3) is 5.57 Å². The molecule has 0 atom stereocenters. The van der Waals surface area contributed by atoms with Crippen molar-refractivity contribution in [2.75, 3.05) is 25.4 Å². The Morgan fingerprint density at radius 2 is 1.40 bits per heavy atom. The van der Waals surface area contributed by atoms with E-state index >= 15 is 0 Å². The highest BCUT2D eigenvalue weighted by Crippen LogP contribution is 2.34. The van der Waals surface area contributed by atoms with E-state index in [1.54, 1.807) is 24.3 Å². The fraction of sp³-hybridized carbons (Fsp3) is 0.308. The maximum Gasteiger partial charge on any atom is 0.123 e. The van der Waals surface area contributed by atoms with Gasteiger partial charge in [-0.15, -0.1) is 11.8 Å². The van der Waals surface area contributed by atoms with Crippen LogP contribution in [0.2, 0.25) is 0 Å². The van der Waals surface area contributed by atoms with Gasteiger partial charge in [0.15, 0.2) is 0 Å². The highest BCUT2D eigenvalue weighted by Gasteiger charge is 2.14. The van der Waals surface area contributed by atoms with E-state index in [-0.39, 0.29) is 11.6 Å². The van der Waals surface area contributed by atoms with E-state index in [0.29, 0.717) is 0 Å². The molecule has 2 aliphatic rings. The minimum Gasteiger partial charge on any atom is -0.303 e. The van der Waals surface area contributed by atoms with Gasteiger partial charge in [0.2, 0.25) is 0 Å². The number of hydrogen-bond donors (Lipinski definition) is 0. The standard InChI is InChI=1S/C26H27F2NS/c27-23-10-4-20(5-11-23)26(21-6-12-24(28)13-7-21)22-8-14-25(15-9-22)30-19-18-29-16-2-1-3-17-29/h4-8,10-15H,1-3,9,16-19H2. The molecule has 1 saturated heterocycles. The minimum atomic E-state index is -0.256. The van der Waals surface area contributed by atoms with Gasteiger partial charge in [0.1, 0.15) is 11.6 Å². The van der Waals surface area contributed by atoms with Crippen LogP contribution >= 0.6 is 11.8 Å². The predicted octanol–water partition coefficient (Wildman–Crippen LogP) is 6.83. The lowest BCUT2D eigenvalue weighted by Gasteiger charge is -2.26. The van der Waals surface area contributed by atoms with Crippen molar-refractivity contribution < 1.29 is 8.78 Å². The molecule has 0 saturated carbocycles. The Balaban J connectivity index is 1.49. The summed E-state index contributed by atoms with van der Waals surface area (Å²) in [5, 5.41) is 0. The monoisotopic (exact) mass is 423 g/mol. The first kappa shape index (κ1) is 21.1. The summed E-state index contributed by atoms with van der Waals surface area (Å²) in [4.78, 5) is 3.86. The van der Waals surface area contributed by atoms with Gasteiger partial charge < -0.3 is 4.90 Å². The Labute approximate surface area is 182 Å². The van der Waals surface area contributed by atoms with E-state index in [4.69, 9.17) is 0 Å². The lowest BCUT2D eigenvalue weighted by molar-refractivity contribution is 0.242. The molecule has 1 aliphatic heterocycles. The Kier molecular flexibility index (Phi) is 7.19. The highest BCUT2D eigenvalue weighted by atomic mass is 32.2. The van der Waals surface area contributed by atoms with Gasteiger partial charge in [-0.05, 0) is 85.0 Å². The quantitative estimate of drug-likeness (QED) is 0.501. The van der Waals surface area contributed by atoms with Gasteiger partial charge in [-0.25, -0.2) is 8.78 Å². The molecule has 1 aliphatic carbocycles. The first-order valence-corrected chi connectivity index (χ1v) is 11.7. The molecule has 2 aromatic carbocycles. The Morgan fingerprint density at radius 3 is 1.93 bits per heavy atom. The van der Waals surface area contributed by atoms with Crippen LogP contribution in [0.5, 0.6) is 0 Å². The van der Waals surface area contributed by atoms with Crippen LogP contribution in [-0.4, -0.2) is 30.3 Å². The maximum atomic E-state index is 13.5. The van der Waals surface area contributed by atoms with E-state index in [1.807, 2.05) is 11.8 Å². The van der Waals surface area contributed by atoms with Crippen molar-refractivity contribution in [1.29, 1.82) is 0 Å². The van der Waals surface area contributed by atoms with Crippen LogP contribution in [0.1, 0.15) is 36.8 Å². The summed E-state index contributed by atoms with van der Waals surface area (Å²) in [5.41, 5.74) is 4.07. The van der Waals surface area contributed by atoms with Crippen LogP contribution in [-0.2, 0) is 0 Å². The fourth-order valence-electron chi connectivity index (χ4n) is 4.07. The second-order valence-electron chi connectivity index (χ2n) is 7.81. The molecule has 0 bridgehead atoms. The van der Waals surface area contributed by atoms with E-state index in [1.165, 1.54) is 61.5 Å². The van der Waals surface area contributed by atoms with E-state index in [9.17, 15) is 8.78 Å². The van der Waals surface area contributed by atoms with E-state index < -0.39 is 0 Å². The van der Waals surface area contributed by atoms with Crippen molar-refractivity contribution in [3.63, 3.8) is 0 Å². The third kappa shape index (κ3) is 5.50. The molecular weight excluding hydrogens is 396 g/mol. The van der Waals surface area contributed by atoms with Crippen molar-refractivity contribution in [2.24, 2.45) is 0 Å². The van der Waals surface area contributed by atoms with Crippen LogP contribution < -0.4 is 0 Å². The SMILES string of the molecule is Fc1ccc(C(=C2C=CC(SCCN3CCCCC3)=CC2)c2ccc(F)cc2)cc1. The van der Waals surface area contributed by atoms with Crippen molar-refractivity contribution in [1.82, 2.24) is 4.90 Å². The number of rotatable bonds is 6. The van der Waals surface area contributed by atoms with E-state index in [0.717, 1.165) is 41.0 Å². The number of thioether (sulfide) groups is 1. The first-order chi connectivity index (χ1) is 14.7. The van der Waals surface area contributed by atoms with Crippen LogP contribution in [0.15, 0.2) is 77.2 Å². The Bertz CT molecular complexity index is 889. The number of piperidine rings is 1. The van der Waals surface area contributed by atoms with E-state index in [2.05, 4.69) is 23.1 Å². The Morgan fingerprint density at radius 1 is 0.800 bits per heavy atom. The summed E-state index contributed by atoms with van der Waals surface area (Å²) < 4.78 is 26.9.